The maximum atomic E-state index is 9.85. The number of aliphatic hydroxyl groups excluding tert-OH is 1. The number of carbonyl (C=O) groups excluding carboxylic acids is 1. The summed E-state index contributed by atoms with van der Waals surface area (Å²) in [7, 11) is 3.20. The number of primary amides is 1. The van der Waals surface area contributed by atoms with Gasteiger partial charge in [-0.25, -0.2) is 4.79 Å². The molecule has 0 aliphatic rings. The Morgan fingerprint density at radius 3 is 1.80 bits per heavy atom. The summed E-state index contributed by atoms with van der Waals surface area (Å²) in [6.45, 7) is 0.472. The molecule has 0 spiro atoms. The van der Waals surface area contributed by atoms with E-state index in [1.54, 1.807) is 14.1 Å². The fraction of sp³-hybridized carbons (Fsp3) is 0.800. The first-order valence-corrected chi connectivity index (χ1v) is 2.84. The number of amides is 2. The molecule has 5 heteroatoms. The highest BCUT2D eigenvalue weighted by molar-refractivity contribution is 5.71. The van der Waals surface area contributed by atoms with Crippen LogP contribution in [0.3, 0.4) is 0 Å². The van der Waals surface area contributed by atoms with Crippen LogP contribution >= 0.6 is 0 Å². The van der Waals surface area contributed by atoms with Gasteiger partial charge in [-0.15, -0.1) is 0 Å². The molecule has 0 aromatic rings. The molecule has 0 saturated carbocycles. The van der Waals surface area contributed by atoms with Crippen LogP contribution in [0.15, 0.2) is 0 Å². The van der Waals surface area contributed by atoms with Crippen molar-refractivity contribution in [2.45, 2.75) is 0 Å². The number of rotatable bonds is 1. The molecule has 0 aliphatic carbocycles. The first kappa shape index (κ1) is 11.9. The van der Waals surface area contributed by atoms with Crippen molar-refractivity contribution in [2.75, 3.05) is 27.2 Å². The first-order valence-electron chi connectivity index (χ1n) is 2.84. The molecule has 0 aromatic heterocycles. The number of aliphatic hydroxyl groups is 1. The number of nitrogens with two attached hydrogens (primary N) is 2. The molecule has 0 bridgehead atoms. The molecule has 0 saturated heterocycles. The van der Waals surface area contributed by atoms with Crippen molar-refractivity contribution >= 4 is 6.03 Å². The van der Waals surface area contributed by atoms with Gasteiger partial charge in [-0.2, -0.15) is 0 Å². The van der Waals surface area contributed by atoms with Crippen LogP contribution in [0.2, 0.25) is 0 Å². The van der Waals surface area contributed by atoms with Crippen molar-refractivity contribution in [1.29, 1.82) is 0 Å². The van der Waals surface area contributed by atoms with Gasteiger partial charge in [0, 0.05) is 20.6 Å². The zero-order chi connectivity index (χ0) is 8.57. The van der Waals surface area contributed by atoms with Crippen molar-refractivity contribution in [1.82, 2.24) is 4.90 Å². The summed E-state index contributed by atoms with van der Waals surface area (Å²) in [5.74, 6) is 0. The summed E-state index contributed by atoms with van der Waals surface area (Å²) in [5, 5.41) is 7.75. The molecule has 10 heavy (non-hydrogen) atoms. The molecular formula is C5H15N3O2. The van der Waals surface area contributed by atoms with Crippen molar-refractivity contribution < 1.29 is 9.90 Å². The number of urea groups is 1. The summed E-state index contributed by atoms with van der Waals surface area (Å²) >= 11 is 0. The van der Waals surface area contributed by atoms with Crippen LogP contribution in [0, 0.1) is 0 Å². The molecule has 0 fully saturated rings. The summed E-state index contributed by atoms with van der Waals surface area (Å²) in [4.78, 5) is 11.2. The Labute approximate surface area is 60.6 Å². The molecule has 0 aromatic carbocycles. The topological polar surface area (TPSA) is 92.6 Å². The lowest BCUT2D eigenvalue weighted by molar-refractivity contribution is 0.227. The van der Waals surface area contributed by atoms with Gasteiger partial charge < -0.3 is 21.5 Å². The molecular weight excluding hydrogens is 134 g/mol. The first-order chi connectivity index (χ1) is 4.56. The number of nitrogens with zero attached hydrogens (tertiary/aromatic N) is 1. The van der Waals surface area contributed by atoms with Gasteiger partial charge in [-0.05, 0) is 0 Å². The van der Waals surface area contributed by atoms with E-state index in [0.29, 0.717) is 6.54 Å². The highest BCUT2D eigenvalue weighted by atomic mass is 16.3. The van der Waals surface area contributed by atoms with Gasteiger partial charge in [-0.1, -0.05) is 0 Å². The van der Waals surface area contributed by atoms with Crippen molar-refractivity contribution in [3.8, 4) is 0 Å². The second-order valence-electron chi connectivity index (χ2n) is 1.74. The molecule has 5 nitrogen and oxygen atoms in total. The Balaban J connectivity index is 0. The van der Waals surface area contributed by atoms with Gasteiger partial charge in [0.2, 0.25) is 0 Å². The van der Waals surface area contributed by atoms with E-state index in [0.717, 1.165) is 0 Å². The minimum absolute atomic E-state index is 0.0972. The zero-order valence-corrected chi connectivity index (χ0v) is 6.37. The average molecular weight is 149 g/mol. The van der Waals surface area contributed by atoms with Crippen LogP contribution in [0.1, 0.15) is 0 Å². The monoisotopic (exact) mass is 149 g/mol. The van der Waals surface area contributed by atoms with Gasteiger partial charge in [0.1, 0.15) is 0 Å². The summed E-state index contributed by atoms with van der Waals surface area (Å²) < 4.78 is 0. The standard InChI is InChI=1S/C3H8N2O.C2H7NO/c1-5(2)3(4)6;3-1-2-4/h1-2H3,(H2,4,6);4H,1-3H2. The van der Waals surface area contributed by atoms with Gasteiger partial charge in [0.05, 0.1) is 6.61 Å². The van der Waals surface area contributed by atoms with Crippen LogP contribution in [0.25, 0.3) is 0 Å². The number of hydrogen-bond donors (Lipinski definition) is 3. The highest BCUT2D eigenvalue weighted by Gasteiger charge is 1.88. The van der Waals surface area contributed by atoms with Crippen LogP contribution < -0.4 is 11.5 Å². The van der Waals surface area contributed by atoms with Gasteiger partial charge >= 0.3 is 6.03 Å². The Hall–Kier alpha value is -0.810. The van der Waals surface area contributed by atoms with Crippen LogP contribution in [-0.4, -0.2) is 43.3 Å². The van der Waals surface area contributed by atoms with Gasteiger partial charge in [0.15, 0.2) is 0 Å². The quantitative estimate of drug-likeness (QED) is 0.426. The van der Waals surface area contributed by atoms with Crippen molar-refractivity contribution in [3.05, 3.63) is 0 Å². The molecule has 62 valence electrons. The molecule has 0 aliphatic heterocycles. The normalized spacial score (nSPS) is 7.60. The second kappa shape index (κ2) is 8.19. The zero-order valence-electron chi connectivity index (χ0n) is 6.37. The fourth-order valence-corrected chi connectivity index (χ4v) is 0. The van der Waals surface area contributed by atoms with Crippen molar-refractivity contribution in [3.63, 3.8) is 0 Å². The SMILES string of the molecule is CN(C)C(N)=O.NCCO. The maximum Gasteiger partial charge on any atom is 0.314 e. The Morgan fingerprint density at radius 2 is 1.80 bits per heavy atom. The third kappa shape index (κ3) is 15.7. The Morgan fingerprint density at radius 1 is 1.60 bits per heavy atom. The smallest absolute Gasteiger partial charge is 0.314 e. The van der Waals surface area contributed by atoms with E-state index in [-0.39, 0.29) is 6.61 Å². The lowest BCUT2D eigenvalue weighted by atomic mass is 10.8. The van der Waals surface area contributed by atoms with Gasteiger partial charge in [-0.3, -0.25) is 0 Å². The Kier molecular flexibility index (Phi) is 9.77. The van der Waals surface area contributed by atoms with Crippen LogP contribution in [0.5, 0.6) is 0 Å². The highest BCUT2D eigenvalue weighted by Crippen LogP contribution is 1.65. The largest absolute Gasteiger partial charge is 0.395 e. The predicted octanol–water partition coefficient (Wildman–Crippen LogP) is -1.44. The molecule has 0 atom stereocenters. The number of carbonyl (C=O) groups is 1. The van der Waals surface area contributed by atoms with E-state index < -0.39 is 6.03 Å². The third-order valence-corrected chi connectivity index (χ3v) is 0.570. The van der Waals surface area contributed by atoms with Crippen LogP contribution in [0.4, 0.5) is 4.79 Å². The van der Waals surface area contributed by atoms with Crippen molar-refractivity contribution in [2.24, 2.45) is 11.5 Å². The van der Waals surface area contributed by atoms with Crippen LogP contribution in [-0.2, 0) is 0 Å². The summed E-state index contributed by atoms with van der Waals surface area (Å²) in [6, 6.07) is -0.407. The van der Waals surface area contributed by atoms with E-state index in [4.69, 9.17) is 16.6 Å². The predicted molar refractivity (Wildman–Crippen MR) is 39.4 cm³/mol. The van der Waals surface area contributed by atoms with E-state index in [2.05, 4.69) is 0 Å². The lowest BCUT2D eigenvalue weighted by Gasteiger charge is -2.01. The number of hydrogen-bond acceptors (Lipinski definition) is 3. The molecule has 0 unspecified atom stereocenters. The van der Waals surface area contributed by atoms with E-state index in [1.807, 2.05) is 0 Å². The maximum absolute atomic E-state index is 9.85. The molecule has 0 radical (unpaired) electrons. The van der Waals surface area contributed by atoms with E-state index in [9.17, 15) is 4.79 Å². The second-order valence-corrected chi connectivity index (χ2v) is 1.74. The molecule has 0 heterocycles. The third-order valence-electron chi connectivity index (χ3n) is 0.570. The van der Waals surface area contributed by atoms with Gasteiger partial charge in [0.25, 0.3) is 0 Å². The fourth-order valence-electron chi connectivity index (χ4n) is 0. The minimum atomic E-state index is -0.407. The Bertz CT molecular complexity index is 83.0. The summed E-state index contributed by atoms with van der Waals surface area (Å²) in [5.41, 5.74) is 9.50. The van der Waals surface area contributed by atoms with E-state index >= 15 is 0 Å². The lowest BCUT2D eigenvalue weighted by Crippen LogP contribution is -2.27. The molecule has 2 amide bonds. The molecule has 5 N–H and O–H groups in total. The summed E-state index contributed by atoms with van der Waals surface area (Å²) in [6.07, 6.45) is 0. The average Bonchev–Trinajstić information content (AvgIpc) is 1.89. The van der Waals surface area contributed by atoms with E-state index in [1.165, 1.54) is 4.90 Å². The molecule has 0 rings (SSSR count). The minimum Gasteiger partial charge on any atom is -0.395 e.